The fourth-order valence-electron chi connectivity index (χ4n) is 2.61. The van der Waals surface area contributed by atoms with Gasteiger partial charge in [-0.25, -0.2) is 0 Å². The molecular formula is C14H19NO4. The second-order valence-corrected chi connectivity index (χ2v) is 4.90. The van der Waals surface area contributed by atoms with Crippen LogP contribution >= 0.6 is 0 Å². The maximum atomic E-state index is 12.4. The van der Waals surface area contributed by atoms with Crippen molar-refractivity contribution in [2.45, 2.75) is 31.7 Å². The van der Waals surface area contributed by atoms with Gasteiger partial charge in [-0.1, -0.05) is 0 Å². The molecule has 0 spiro atoms. The summed E-state index contributed by atoms with van der Waals surface area (Å²) >= 11 is 0. The van der Waals surface area contributed by atoms with Crippen molar-refractivity contribution in [2.75, 3.05) is 13.2 Å². The molecule has 1 atom stereocenters. The molecule has 1 aromatic rings. The van der Waals surface area contributed by atoms with Crippen molar-refractivity contribution >= 4 is 5.91 Å². The van der Waals surface area contributed by atoms with E-state index in [1.807, 2.05) is 0 Å². The van der Waals surface area contributed by atoms with Crippen LogP contribution in [0.1, 0.15) is 36.0 Å². The molecule has 1 unspecified atom stereocenters. The number of amides is 1. The van der Waals surface area contributed by atoms with Gasteiger partial charge in [0.25, 0.3) is 5.91 Å². The molecule has 3 N–H and O–H groups in total. The van der Waals surface area contributed by atoms with E-state index in [1.54, 1.807) is 4.90 Å². The molecule has 1 amide bonds. The number of rotatable bonds is 4. The summed E-state index contributed by atoms with van der Waals surface area (Å²) in [5.74, 6) is -0.407. The van der Waals surface area contributed by atoms with Crippen molar-refractivity contribution in [2.24, 2.45) is 0 Å². The minimum absolute atomic E-state index is 0.116. The Morgan fingerprint density at radius 1 is 1.26 bits per heavy atom. The molecule has 1 aromatic carbocycles. The first kappa shape index (κ1) is 13.7. The van der Waals surface area contributed by atoms with Crippen LogP contribution in [0.3, 0.4) is 0 Å². The lowest BCUT2D eigenvalue weighted by molar-refractivity contribution is 0.0723. The number of carbonyl (C=O) groups is 1. The highest BCUT2D eigenvalue weighted by molar-refractivity contribution is 5.95. The van der Waals surface area contributed by atoms with E-state index >= 15 is 0 Å². The number of hydrogen-bond acceptors (Lipinski definition) is 4. The lowest BCUT2D eigenvalue weighted by atomic mass is 10.1. The Balaban J connectivity index is 2.13. The zero-order valence-electron chi connectivity index (χ0n) is 10.7. The third-order valence-corrected chi connectivity index (χ3v) is 3.48. The van der Waals surface area contributed by atoms with E-state index in [0.29, 0.717) is 18.5 Å². The summed E-state index contributed by atoms with van der Waals surface area (Å²) < 4.78 is 0. The standard InChI is InChI=1S/C14H19NO4/c16-6-2-4-11-3-1-5-15(11)14(19)10-7-12(17)9-13(18)8-10/h7-9,11,16-18H,1-6H2. The van der Waals surface area contributed by atoms with Crippen molar-refractivity contribution in [3.8, 4) is 11.5 Å². The smallest absolute Gasteiger partial charge is 0.254 e. The number of aliphatic hydroxyl groups excluding tert-OH is 1. The lowest BCUT2D eigenvalue weighted by Crippen LogP contribution is -2.35. The Bertz CT molecular complexity index is 441. The van der Waals surface area contributed by atoms with E-state index in [1.165, 1.54) is 18.2 Å². The summed E-state index contributed by atoms with van der Waals surface area (Å²) in [5, 5.41) is 27.7. The molecule has 2 rings (SSSR count). The fourth-order valence-corrected chi connectivity index (χ4v) is 2.61. The predicted molar refractivity (Wildman–Crippen MR) is 70.1 cm³/mol. The summed E-state index contributed by atoms with van der Waals surface area (Å²) in [5.41, 5.74) is 0.299. The van der Waals surface area contributed by atoms with Crippen molar-refractivity contribution in [3.05, 3.63) is 23.8 Å². The van der Waals surface area contributed by atoms with Crippen LogP contribution in [0.5, 0.6) is 11.5 Å². The number of carbonyl (C=O) groups excluding carboxylic acids is 1. The highest BCUT2D eigenvalue weighted by atomic mass is 16.3. The summed E-state index contributed by atoms with van der Waals surface area (Å²) in [6, 6.07) is 4.07. The third-order valence-electron chi connectivity index (χ3n) is 3.48. The average Bonchev–Trinajstić information content (AvgIpc) is 2.82. The van der Waals surface area contributed by atoms with Gasteiger partial charge in [-0.15, -0.1) is 0 Å². The molecule has 1 saturated heterocycles. The molecule has 1 aliphatic heterocycles. The second kappa shape index (κ2) is 5.93. The van der Waals surface area contributed by atoms with Crippen molar-refractivity contribution in [1.29, 1.82) is 0 Å². The minimum Gasteiger partial charge on any atom is -0.508 e. The van der Waals surface area contributed by atoms with Crippen molar-refractivity contribution in [3.63, 3.8) is 0 Å². The summed E-state index contributed by atoms with van der Waals surface area (Å²) in [4.78, 5) is 14.1. The molecule has 19 heavy (non-hydrogen) atoms. The normalized spacial score (nSPS) is 18.8. The van der Waals surface area contributed by atoms with Crippen LogP contribution in [-0.2, 0) is 0 Å². The Morgan fingerprint density at radius 3 is 2.58 bits per heavy atom. The van der Waals surface area contributed by atoms with Gasteiger partial charge in [0, 0.05) is 30.8 Å². The molecular weight excluding hydrogens is 246 g/mol. The largest absolute Gasteiger partial charge is 0.508 e. The van der Waals surface area contributed by atoms with Crippen LogP contribution in [0.25, 0.3) is 0 Å². The molecule has 0 radical (unpaired) electrons. The number of nitrogens with zero attached hydrogens (tertiary/aromatic N) is 1. The summed E-state index contributed by atoms with van der Waals surface area (Å²) in [7, 11) is 0. The van der Waals surface area contributed by atoms with E-state index in [0.717, 1.165) is 19.3 Å². The SMILES string of the molecule is O=C(c1cc(O)cc(O)c1)N1CCCC1CCCO. The maximum absolute atomic E-state index is 12.4. The molecule has 0 aliphatic carbocycles. The number of benzene rings is 1. The first-order valence-corrected chi connectivity index (χ1v) is 6.56. The predicted octanol–water partition coefficient (Wildman–Crippen LogP) is 1.47. The third kappa shape index (κ3) is 3.17. The van der Waals surface area contributed by atoms with Gasteiger partial charge in [0.15, 0.2) is 0 Å². The number of aromatic hydroxyl groups is 2. The number of phenols is 2. The van der Waals surface area contributed by atoms with Gasteiger partial charge in [0.1, 0.15) is 11.5 Å². The molecule has 0 saturated carbocycles. The van der Waals surface area contributed by atoms with E-state index in [4.69, 9.17) is 5.11 Å². The quantitative estimate of drug-likeness (QED) is 0.770. The Kier molecular flexibility index (Phi) is 4.27. The average molecular weight is 265 g/mol. The van der Waals surface area contributed by atoms with Gasteiger partial charge in [0.05, 0.1) is 0 Å². The second-order valence-electron chi connectivity index (χ2n) is 4.90. The van der Waals surface area contributed by atoms with Crippen LogP contribution in [0.4, 0.5) is 0 Å². The summed E-state index contributed by atoms with van der Waals surface area (Å²) in [6.07, 6.45) is 3.36. The van der Waals surface area contributed by atoms with Crippen molar-refractivity contribution < 1.29 is 20.1 Å². The van der Waals surface area contributed by atoms with Crippen LogP contribution < -0.4 is 0 Å². The van der Waals surface area contributed by atoms with E-state index in [2.05, 4.69) is 0 Å². The first-order valence-electron chi connectivity index (χ1n) is 6.56. The highest BCUT2D eigenvalue weighted by Gasteiger charge is 2.29. The minimum atomic E-state index is -0.174. The fraction of sp³-hybridized carbons (Fsp3) is 0.500. The maximum Gasteiger partial charge on any atom is 0.254 e. The number of aliphatic hydroxyl groups is 1. The monoisotopic (exact) mass is 265 g/mol. The lowest BCUT2D eigenvalue weighted by Gasteiger charge is -2.24. The Labute approximate surface area is 112 Å². The topological polar surface area (TPSA) is 81.0 Å². The number of phenolic OH excluding ortho intramolecular Hbond substituents is 2. The zero-order chi connectivity index (χ0) is 13.8. The van der Waals surface area contributed by atoms with Gasteiger partial charge < -0.3 is 20.2 Å². The molecule has 0 bridgehead atoms. The molecule has 5 nitrogen and oxygen atoms in total. The molecule has 1 aliphatic rings. The molecule has 5 heteroatoms. The first-order chi connectivity index (χ1) is 9.11. The van der Waals surface area contributed by atoms with Gasteiger partial charge >= 0.3 is 0 Å². The van der Waals surface area contributed by atoms with Gasteiger partial charge in [0.2, 0.25) is 0 Å². The van der Waals surface area contributed by atoms with Crippen LogP contribution in [0.15, 0.2) is 18.2 Å². The van der Waals surface area contributed by atoms with Crippen LogP contribution in [0.2, 0.25) is 0 Å². The zero-order valence-corrected chi connectivity index (χ0v) is 10.7. The van der Waals surface area contributed by atoms with E-state index < -0.39 is 0 Å². The molecule has 104 valence electrons. The summed E-state index contributed by atoms with van der Waals surface area (Å²) in [6.45, 7) is 0.816. The van der Waals surface area contributed by atoms with Crippen LogP contribution in [0, 0.1) is 0 Å². The van der Waals surface area contributed by atoms with Gasteiger partial charge in [-0.05, 0) is 37.8 Å². The van der Waals surface area contributed by atoms with Crippen LogP contribution in [-0.4, -0.2) is 45.3 Å². The Hall–Kier alpha value is -1.75. The molecule has 1 heterocycles. The Morgan fingerprint density at radius 2 is 1.95 bits per heavy atom. The number of hydrogen-bond donors (Lipinski definition) is 3. The van der Waals surface area contributed by atoms with Crippen molar-refractivity contribution in [1.82, 2.24) is 4.90 Å². The van der Waals surface area contributed by atoms with E-state index in [-0.39, 0.29) is 30.1 Å². The van der Waals surface area contributed by atoms with E-state index in [9.17, 15) is 15.0 Å². The molecule has 1 fully saturated rings. The highest BCUT2D eigenvalue weighted by Crippen LogP contribution is 2.26. The molecule has 0 aromatic heterocycles. The number of likely N-dealkylation sites (tertiary alicyclic amines) is 1. The van der Waals surface area contributed by atoms with Gasteiger partial charge in [-0.3, -0.25) is 4.79 Å². The van der Waals surface area contributed by atoms with Gasteiger partial charge in [-0.2, -0.15) is 0 Å².